The smallest absolute Gasteiger partial charge is 0.278 e. The molecule has 32 heavy (non-hydrogen) atoms. The number of halogens is 1. The van der Waals surface area contributed by atoms with Crippen LogP contribution in [0.1, 0.15) is 35.2 Å². The Balaban J connectivity index is 1.50. The summed E-state index contributed by atoms with van der Waals surface area (Å²) in [5.74, 6) is -1.19. The highest BCUT2D eigenvalue weighted by Crippen LogP contribution is 2.29. The van der Waals surface area contributed by atoms with Gasteiger partial charge >= 0.3 is 5.69 Å². The number of hydrogen-bond donors (Lipinski definition) is 1. The van der Waals surface area contributed by atoms with Gasteiger partial charge in [0.15, 0.2) is 5.16 Å². The Morgan fingerprint density at radius 2 is 1.84 bits per heavy atom. The fourth-order valence-corrected chi connectivity index (χ4v) is 4.84. The van der Waals surface area contributed by atoms with Crippen molar-refractivity contribution < 1.29 is 14.0 Å². The molecule has 1 fully saturated rings. The molecule has 0 radical (unpaired) electrons. The Morgan fingerprint density at radius 1 is 1.09 bits per heavy atom. The first-order valence-electron chi connectivity index (χ1n) is 10.5. The van der Waals surface area contributed by atoms with Gasteiger partial charge in [-0.2, -0.15) is 0 Å². The van der Waals surface area contributed by atoms with Crippen molar-refractivity contribution in [2.24, 2.45) is 0 Å². The molecule has 2 amide bonds. The van der Waals surface area contributed by atoms with Crippen LogP contribution in [0.4, 0.5) is 4.39 Å². The number of carbonyl (C=O) groups excluding carboxylic acids is 2. The number of benzene rings is 2. The number of H-pyrrole nitrogens is 1. The molecular formula is C23H23FN4O3S. The van der Waals surface area contributed by atoms with Crippen molar-refractivity contribution >= 4 is 23.6 Å². The fourth-order valence-electron chi connectivity index (χ4n) is 3.67. The second-order valence-corrected chi connectivity index (χ2v) is 8.77. The zero-order valence-electron chi connectivity index (χ0n) is 17.4. The minimum atomic E-state index is -0.535. The predicted octanol–water partition coefficient (Wildman–Crippen LogP) is 3.27. The molecule has 0 aliphatic carbocycles. The van der Waals surface area contributed by atoms with E-state index in [0.717, 1.165) is 12.0 Å². The van der Waals surface area contributed by atoms with Crippen LogP contribution in [0.3, 0.4) is 0 Å². The maximum absolute atomic E-state index is 13.2. The first-order valence-corrected chi connectivity index (χ1v) is 11.4. The zero-order chi connectivity index (χ0) is 22.5. The third-order valence-corrected chi connectivity index (χ3v) is 6.66. The number of imide groups is 1. The molecule has 1 atom stereocenters. The van der Waals surface area contributed by atoms with Gasteiger partial charge in [0.2, 0.25) is 5.91 Å². The summed E-state index contributed by atoms with van der Waals surface area (Å²) < 4.78 is 14.7. The average Bonchev–Trinajstić information content (AvgIpc) is 3.05. The van der Waals surface area contributed by atoms with Crippen LogP contribution in [-0.4, -0.2) is 43.3 Å². The summed E-state index contributed by atoms with van der Waals surface area (Å²) in [6.45, 7) is 0.744. The summed E-state index contributed by atoms with van der Waals surface area (Å²) in [6, 6.07) is 15.0. The van der Waals surface area contributed by atoms with Crippen molar-refractivity contribution in [3.8, 4) is 0 Å². The van der Waals surface area contributed by atoms with E-state index in [1.807, 2.05) is 30.3 Å². The fraction of sp³-hybridized carbons (Fsp3) is 0.304. The lowest BCUT2D eigenvalue weighted by Crippen LogP contribution is -2.41. The highest BCUT2D eigenvalue weighted by Gasteiger charge is 2.33. The number of carbonyl (C=O) groups is 2. The molecule has 9 heteroatoms. The Morgan fingerprint density at radius 3 is 2.59 bits per heavy atom. The lowest BCUT2D eigenvalue weighted by atomic mass is 10.1. The molecule has 0 bridgehead atoms. The van der Waals surface area contributed by atoms with Crippen LogP contribution in [0, 0.1) is 5.82 Å². The van der Waals surface area contributed by atoms with Crippen LogP contribution in [0.5, 0.6) is 0 Å². The maximum Gasteiger partial charge on any atom is 0.343 e. The SMILES string of the molecule is O=C(c1ccc(F)cc1)N1CCCCC(Sc2n[nH]c(=O)n2CCc2ccccc2)C1=O. The molecule has 1 saturated heterocycles. The number of nitrogens with zero attached hydrogens (tertiary/aromatic N) is 3. The van der Waals surface area contributed by atoms with Crippen molar-refractivity contribution in [1.29, 1.82) is 0 Å². The predicted molar refractivity (Wildman–Crippen MR) is 119 cm³/mol. The van der Waals surface area contributed by atoms with Gasteiger partial charge in [0, 0.05) is 18.7 Å². The molecule has 1 N–H and O–H groups in total. The summed E-state index contributed by atoms with van der Waals surface area (Å²) >= 11 is 1.20. The minimum Gasteiger partial charge on any atom is -0.278 e. The Labute approximate surface area is 188 Å². The highest BCUT2D eigenvalue weighted by atomic mass is 32.2. The lowest BCUT2D eigenvalue weighted by molar-refractivity contribution is -0.127. The zero-order valence-corrected chi connectivity index (χ0v) is 18.2. The summed E-state index contributed by atoms with van der Waals surface area (Å²) in [7, 11) is 0. The summed E-state index contributed by atoms with van der Waals surface area (Å²) in [5.41, 5.74) is 1.03. The molecule has 0 saturated carbocycles. The molecule has 1 aliphatic rings. The van der Waals surface area contributed by atoms with Gasteiger partial charge in [-0.05, 0) is 49.1 Å². The molecule has 1 aromatic heterocycles. The van der Waals surface area contributed by atoms with Gasteiger partial charge in [-0.3, -0.25) is 19.1 Å². The third-order valence-electron chi connectivity index (χ3n) is 5.41. The molecule has 3 aromatic rings. The van der Waals surface area contributed by atoms with Gasteiger partial charge in [-0.15, -0.1) is 5.10 Å². The monoisotopic (exact) mass is 454 g/mol. The van der Waals surface area contributed by atoms with E-state index in [4.69, 9.17) is 0 Å². The van der Waals surface area contributed by atoms with Crippen LogP contribution in [0.2, 0.25) is 0 Å². The van der Waals surface area contributed by atoms with E-state index in [2.05, 4.69) is 10.2 Å². The number of aromatic nitrogens is 3. The molecule has 0 spiro atoms. The van der Waals surface area contributed by atoms with E-state index in [9.17, 15) is 18.8 Å². The largest absolute Gasteiger partial charge is 0.343 e. The number of nitrogens with one attached hydrogen (secondary N) is 1. The molecular weight excluding hydrogens is 431 g/mol. The van der Waals surface area contributed by atoms with Gasteiger partial charge in [-0.1, -0.05) is 48.5 Å². The number of hydrogen-bond acceptors (Lipinski definition) is 5. The number of thioether (sulfide) groups is 1. The minimum absolute atomic E-state index is 0.268. The average molecular weight is 455 g/mol. The Kier molecular flexibility index (Phi) is 6.84. The molecule has 1 aliphatic heterocycles. The van der Waals surface area contributed by atoms with Gasteiger partial charge in [0.25, 0.3) is 5.91 Å². The highest BCUT2D eigenvalue weighted by molar-refractivity contribution is 8.00. The van der Waals surface area contributed by atoms with E-state index in [0.29, 0.717) is 37.5 Å². The first kappa shape index (κ1) is 22.0. The third kappa shape index (κ3) is 4.99. The van der Waals surface area contributed by atoms with Gasteiger partial charge in [-0.25, -0.2) is 14.3 Å². The maximum atomic E-state index is 13.2. The summed E-state index contributed by atoms with van der Waals surface area (Å²) in [5, 5.41) is 6.48. The van der Waals surface area contributed by atoms with Gasteiger partial charge in [0.05, 0.1) is 5.25 Å². The van der Waals surface area contributed by atoms with Crippen molar-refractivity contribution in [1.82, 2.24) is 19.7 Å². The van der Waals surface area contributed by atoms with E-state index in [1.54, 1.807) is 0 Å². The number of likely N-dealkylation sites (tertiary alicyclic amines) is 1. The van der Waals surface area contributed by atoms with Crippen molar-refractivity contribution in [2.75, 3.05) is 6.54 Å². The van der Waals surface area contributed by atoms with Crippen LogP contribution >= 0.6 is 11.8 Å². The number of aryl methyl sites for hydroxylation is 1. The van der Waals surface area contributed by atoms with Crippen molar-refractivity contribution in [3.63, 3.8) is 0 Å². The van der Waals surface area contributed by atoms with E-state index in [-0.39, 0.29) is 17.2 Å². The van der Waals surface area contributed by atoms with Crippen molar-refractivity contribution in [3.05, 3.63) is 82.0 Å². The standard InChI is InChI=1S/C23H23FN4O3S/c24-18-11-9-17(10-12-18)20(29)27-14-5-4-8-19(21(27)30)32-23-26-25-22(31)28(23)15-13-16-6-2-1-3-7-16/h1-3,6-7,9-12,19H,4-5,8,13-15H2,(H,25,31). The summed E-state index contributed by atoms with van der Waals surface area (Å²) in [4.78, 5) is 39.6. The first-order chi connectivity index (χ1) is 15.5. The van der Waals surface area contributed by atoms with Crippen molar-refractivity contribution in [2.45, 2.75) is 42.6 Å². The molecule has 166 valence electrons. The number of aromatic amines is 1. The Bertz CT molecular complexity index is 1140. The van der Waals surface area contributed by atoms with Crippen LogP contribution in [-0.2, 0) is 17.8 Å². The van der Waals surface area contributed by atoms with E-state index in [1.165, 1.54) is 45.5 Å². The molecule has 2 aromatic carbocycles. The van der Waals surface area contributed by atoms with Gasteiger partial charge in [0.1, 0.15) is 5.82 Å². The normalized spacial score (nSPS) is 16.7. The molecule has 2 heterocycles. The Hall–Kier alpha value is -3.20. The second-order valence-electron chi connectivity index (χ2n) is 7.60. The second kappa shape index (κ2) is 9.95. The quantitative estimate of drug-likeness (QED) is 0.578. The molecule has 4 rings (SSSR count). The molecule has 7 nitrogen and oxygen atoms in total. The topological polar surface area (TPSA) is 88.1 Å². The van der Waals surface area contributed by atoms with Crippen LogP contribution in [0.25, 0.3) is 0 Å². The lowest BCUT2D eigenvalue weighted by Gasteiger charge is -2.22. The number of amides is 2. The number of rotatable bonds is 6. The molecule has 1 unspecified atom stereocenters. The van der Waals surface area contributed by atoms with Crippen LogP contribution in [0.15, 0.2) is 64.5 Å². The van der Waals surface area contributed by atoms with Crippen LogP contribution < -0.4 is 5.69 Å². The van der Waals surface area contributed by atoms with E-state index >= 15 is 0 Å². The summed E-state index contributed by atoms with van der Waals surface area (Å²) in [6.07, 6.45) is 2.70. The van der Waals surface area contributed by atoms with E-state index < -0.39 is 17.0 Å². The van der Waals surface area contributed by atoms with Gasteiger partial charge < -0.3 is 0 Å².